The van der Waals surface area contributed by atoms with Crippen molar-refractivity contribution in [1.82, 2.24) is 10.2 Å². The number of rotatable bonds is 11. The minimum Gasteiger partial charge on any atom is -0.481 e. The number of nitrogens with one attached hydrogen (secondary N) is 1. The number of hydrogen-bond acceptors (Lipinski definition) is 4. The molecule has 1 amide bonds. The molecule has 0 aromatic heterocycles. The molecule has 0 aliphatic heterocycles. The van der Waals surface area contributed by atoms with E-state index in [1.54, 1.807) is 6.92 Å². The first-order valence-corrected chi connectivity index (χ1v) is 6.87. The van der Waals surface area contributed by atoms with Gasteiger partial charge in [-0.15, -0.1) is 0 Å². The third kappa shape index (κ3) is 7.73. The number of nitrogens with zero attached hydrogens (tertiary/aromatic N) is 1. The highest BCUT2D eigenvalue weighted by molar-refractivity contribution is 5.80. The maximum absolute atomic E-state index is 11.7. The second kappa shape index (κ2) is 10.2. The largest absolute Gasteiger partial charge is 0.481 e. The normalized spacial score (nSPS) is 12.2. The quantitative estimate of drug-likeness (QED) is 0.479. The molecule has 0 bridgehead atoms. The summed E-state index contributed by atoms with van der Waals surface area (Å²) in [4.78, 5) is 34.9. The van der Waals surface area contributed by atoms with Crippen LogP contribution in [0.1, 0.15) is 39.5 Å². The third-order valence-corrected chi connectivity index (χ3v) is 2.92. The first kappa shape index (κ1) is 18.4. The van der Waals surface area contributed by atoms with E-state index in [2.05, 4.69) is 5.32 Å². The zero-order chi connectivity index (χ0) is 15.5. The van der Waals surface area contributed by atoms with Gasteiger partial charge in [-0.25, -0.2) is 0 Å². The lowest BCUT2D eigenvalue weighted by Gasteiger charge is -2.26. The molecule has 20 heavy (non-hydrogen) atoms. The van der Waals surface area contributed by atoms with Crippen molar-refractivity contribution in [2.24, 2.45) is 0 Å². The van der Waals surface area contributed by atoms with Crippen LogP contribution < -0.4 is 5.32 Å². The zero-order valence-electron chi connectivity index (χ0n) is 12.1. The summed E-state index contributed by atoms with van der Waals surface area (Å²) < 4.78 is 0. The van der Waals surface area contributed by atoms with Crippen molar-refractivity contribution in [3.8, 4) is 0 Å². The summed E-state index contributed by atoms with van der Waals surface area (Å²) in [6, 6.07) is -0.841. The van der Waals surface area contributed by atoms with Crippen molar-refractivity contribution in [2.45, 2.75) is 45.6 Å². The SMILES string of the molecule is CCCCNC(=O)CN(CCC(=O)O)C(CC)C(=O)O. The van der Waals surface area contributed by atoms with Crippen LogP contribution in [0.4, 0.5) is 0 Å². The molecule has 0 aromatic rings. The second-order valence-electron chi connectivity index (χ2n) is 4.58. The molecule has 1 unspecified atom stereocenters. The summed E-state index contributed by atoms with van der Waals surface area (Å²) in [6.45, 7) is 4.19. The fraction of sp³-hybridized carbons (Fsp3) is 0.769. The van der Waals surface area contributed by atoms with E-state index in [0.29, 0.717) is 13.0 Å². The van der Waals surface area contributed by atoms with Gasteiger partial charge in [0, 0.05) is 13.1 Å². The monoisotopic (exact) mass is 288 g/mol. The number of carbonyl (C=O) groups excluding carboxylic acids is 1. The molecule has 0 fully saturated rings. The van der Waals surface area contributed by atoms with Crippen molar-refractivity contribution in [3.63, 3.8) is 0 Å². The molecule has 116 valence electrons. The average molecular weight is 288 g/mol. The molecule has 0 rings (SSSR count). The number of carboxylic acid groups (broad SMARTS) is 2. The smallest absolute Gasteiger partial charge is 0.320 e. The number of carboxylic acids is 2. The van der Waals surface area contributed by atoms with E-state index in [4.69, 9.17) is 10.2 Å². The minimum atomic E-state index is -1.04. The molecule has 0 radical (unpaired) electrons. The lowest BCUT2D eigenvalue weighted by Crippen LogP contribution is -2.47. The maximum Gasteiger partial charge on any atom is 0.320 e. The highest BCUT2D eigenvalue weighted by Gasteiger charge is 2.25. The van der Waals surface area contributed by atoms with Gasteiger partial charge in [-0.1, -0.05) is 20.3 Å². The van der Waals surface area contributed by atoms with Gasteiger partial charge in [0.1, 0.15) is 6.04 Å². The van der Waals surface area contributed by atoms with Crippen LogP contribution in [0.15, 0.2) is 0 Å². The summed E-state index contributed by atoms with van der Waals surface area (Å²) in [5, 5.41) is 20.5. The standard InChI is InChI=1S/C13H24N2O5/c1-3-5-7-14-11(16)9-15(8-6-12(17)18)10(4-2)13(19)20/h10H,3-9H2,1-2H3,(H,14,16)(H,17,18)(H,19,20). The van der Waals surface area contributed by atoms with E-state index in [-0.39, 0.29) is 25.4 Å². The van der Waals surface area contributed by atoms with Gasteiger partial charge in [-0.05, 0) is 12.8 Å². The van der Waals surface area contributed by atoms with Crippen LogP contribution in [0.2, 0.25) is 0 Å². The summed E-state index contributed by atoms with van der Waals surface area (Å²) in [5.74, 6) is -2.33. The highest BCUT2D eigenvalue weighted by Crippen LogP contribution is 2.06. The Bertz CT molecular complexity index is 333. The van der Waals surface area contributed by atoms with Gasteiger partial charge >= 0.3 is 11.9 Å². The van der Waals surface area contributed by atoms with Gasteiger partial charge < -0.3 is 15.5 Å². The molecular weight excluding hydrogens is 264 g/mol. The first-order chi connectivity index (χ1) is 9.42. The molecule has 0 saturated carbocycles. The van der Waals surface area contributed by atoms with E-state index in [1.807, 2.05) is 6.92 Å². The van der Waals surface area contributed by atoms with Crippen molar-refractivity contribution in [2.75, 3.05) is 19.6 Å². The van der Waals surface area contributed by atoms with Gasteiger partial charge in [0.05, 0.1) is 13.0 Å². The van der Waals surface area contributed by atoms with Crippen LogP contribution in [0.5, 0.6) is 0 Å². The Kier molecular flexibility index (Phi) is 9.36. The Morgan fingerprint density at radius 1 is 1.20 bits per heavy atom. The third-order valence-electron chi connectivity index (χ3n) is 2.92. The van der Waals surface area contributed by atoms with Crippen LogP contribution in [-0.4, -0.2) is 58.6 Å². The number of carbonyl (C=O) groups is 3. The van der Waals surface area contributed by atoms with Crippen LogP contribution in [0, 0.1) is 0 Å². The number of hydrogen-bond donors (Lipinski definition) is 3. The van der Waals surface area contributed by atoms with Crippen LogP contribution >= 0.6 is 0 Å². The average Bonchev–Trinajstić information content (AvgIpc) is 2.36. The molecular formula is C13H24N2O5. The molecule has 0 heterocycles. The first-order valence-electron chi connectivity index (χ1n) is 6.87. The zero-order valence-corrected chi connectivity index (χ0v) is 12.1. The van der Waals surface area contributed by atoms with Gasteiger partial charge in [0.15, 0.2) is 0 Å². The lowest BCUT2D eigenvalue weighted by atomic mass is 10.1. The van der Waals surface area contributed by atoms with E-state index in [9.17, 15) is 14.4 Å². The van der Waals surface area contributed by atoms with Crippen molar-refractivity contribution in [1.29, 1.82) is 0 Å². The Labute approximate surface area is 119 Å². The van der Waals surface area contributed by atoms with Crippen molar-refractivity contribution in [3.05, 3.63) is 0 Å². The lowest BCUT2D eigenvalue weighted by molar-refractivity contribution is -0.146. The Balaban J connectivity index is 4.54. The van der Waals surface area contributed by atoms with Gasteiger partial charge in [0.25, 0.3) is 0 Å². The molecule has 0 aliphatic carbocycles. The summed E-state index contributed by atoms with van der Waals surface area (Å²) in [6.07, 6.45) is 1.94. The maximum atomic E-state index is 11.7. The van der Waals surface area contributed by atoms with Crippen molar-refractivity contribution >= 4 is 17.8 Å². The molecule has 0 aliphatic rings. The minimum absolute atomic E-state index is 0.0430. The molecule has 7 nitrogen and oxygen atoms in total. The van der Waals surface area contributed by atoms with Crippen LogP contribution in [0.25, 0.3) is 0 Å². The van der Waals surface area contributed by atoms with E-state index < -0.39 is 18.0 Å². The second-order valence-corrected chi connectivity index (χ2v) is 4.58. The molecule has 0 saturated heterocycles. The van der Waals surface area contributed by atoms with Crippen LogP contribution in [0.3, 0.4) is 0 Å². The van der Waals surface area contributed by atoms with E-state index >= 15 is 0 Å². The Hall–Kier alpha value is -1.63. The number of aliphatic carboxylic acids is 2. The van der Waals surface area contributed by atoms with Crippen molar-refractivity contribution < 1.29 is 24.6 Å². The molecule has 7 heteroatoms. The van der Waals surface area contributed by atoms with E-state index in [1.165, 1.54) is 4.90 Å². The molecule has 3 N–H and O–H groups in total. The Morgan fingerprint density at radius 2 is 1.85 bits per heavy atom. The molecule has 1 atom stereocenters. The predicted molar refractivity (Wildman–Crippen MR) is 73.5 cm³/mol. The van der Waals surface area contributed by atoms with E-state index in [0.717, 1.165) is 12.8 Å². The summed E-state index contributed by atoms with van der Waals surface area (Å²) in [5.41, 5.74) is 0. The number of amides is 1. The fourth-order valence-corrected chi connectivity index (χ4v) is 1.82. The van der Waals surface area contributed by atoms with Gasteiger partial charge in [-0.3, -0.25) is 19.3 Å². The summed E-state index contributed by atoms with van der Waals surface area (Å²) in [7, 11) is 0. The summed E-state index contributed by atoms with van der Waals surface area (Å²) >= 11 is 0. The van der Waals surface area contributed by atoms with Gasteiger partial charge in [0.2, 0.25) is 5.91 Å². The highest BCUT2D eigenvalue weighted by atomic mass is 16.4. The topological polar surface area (TPSA) is 107 Å². The molecule has 0 spiro atoms. The predicted octanol–water partition coefficient (Wildman–Crippen LogP) is 0.543. The number of unbranched alkanes of at least 4 members (excludes halogenated alkanes) is 1. The molecule has 0 aromatic carbocycles. The Morgan fingerprint density at radius 3 is 2.30 bits per heavy atom. The van der Waals surface area contributed by atoms with Gasteiger partial charge in [-0.2, -0.15) is 0 Å². The fourth-order valence-electron chi connectivity index (χ4n) is 1.82. The van der Waals surface area contributed by atoms with Crippen LogP contribution in [-0.2, 0) is 14.4 Å².